The molecule has 2 saturated heterocycles. The lowest BCUT2D eigenvalue weighted by Gasteiger charge is -2.23. The Morgan fingerprint density at radius 2 is 1.85 bits per heavy atom. The van der Waals surface area contributed by atoms with Crippen LogP contribution in [-0.4, -0.2) is 71.0 Å². The Morgan fingerprint density at radius 3 is 2.38 bits per heavy atom. The molecule has 11 nitrogen and oxygen atoms in total. The van der Waals surface area contributed by atoms with E-state index in [0.717, 1.165) is 0 Å². The Balaban J connectivity index is 1.94. The third-order valence-corrected chi connectivity index (χ3v) is 4.28. The van der Waals surface area contributed by atoms with Gasteiger partial charge in [0.25, 0.3) is 0 Å². The van der Waals surface area contributed by atoms with E-state index in [1.54, 1.807) is 13.8 Å². The molecular formula is C15H21N3O8. The van der Waals surface area contributed by atoms with E-state index in [9.17, 15) is 15.2 Å². The molecule has 1 N–H and O–H groups in total. The van der Waals surface area contributed by atoms with Gasteiger partial charge in [-0.3, -0.25) is 10.1 Å². The fourth-order valence-corrected chi connectivity index (χ4v) is 3.29. The number of aliphatic hydroxyl groups excluding tert-OH is 1. The Bertz CT molecular complexity index is 698. The lowest BCUT2D eigenvalue weighted by molar-refractivity contribution is -0.387. The smallest absolute Gasteiger partial charge is 0.352 e. The molecule has 4 atom stereocenters. The highest BCUT2D eigenvalue weighted by Crippen LogP contribution is 2.41. The van der Waals surface area contributed by atoms with Crippen molar-refractivity contribution in [2.24, 2.45) is 0 Å². The summed E-state index contributed by atoms with van der Waals surface area (Å²) in [5, 5.41) is 21.0. The standard InChI is InChI=1S/C15H21N3O8/c1-15(2)25-11-8(24-9(6-19)12(11)26-15)5-7-10(18(20)21)13(22-3)17-14(16-7)23-4/h8-9,11-12,19H,5-6H2,1-4H3/t8-,9+,11-,12+/m0/s1. The molecule has 0 unspecified atom stereocenters. The molecule has 0 aliphatic carbocycles. The van der Waals surface area contributed by atoms with Crippen molar-refractivity contribution in [1.29, 1.82) is 0 Å². The molecule has 0 bridgehead atoms. The molecule has 3 rings (SSSR count). The zero-order valence-electron chi connectivity index (χ0n) is 14.9. The van der Waals surface area contributed by atoms with Crippen LogP contribution >= 0.6 is 0 Å². The van der Waals surface area contributed by atoms with Crippen LogP contribution in [0.1, 0.15) is 19.5 Å². The lowest BCUT2D eigenvalue weighted by atomic mass is 10.0. The number of rotatable bonds is 6. The van der Waals surface area contributed by atoms with Crippen LogP contribution in [0.5, 0.6) is 11.9 Å². The van der Waals surface area contributed by atoms with E-state index in [2.05, 4.69) is 9.97 Å². The molecule has 3 heterocycles. The molecule has 1 aromatic rings. The molecule has 0 radical (unpaired) electrons. The average Bonchev–Trinajstić information content (AvgIpc) is 3.07. The number of nitrogens with zero attached hydrogens (tertiary/aromatic N) is 3. The average molecular weight is 371 g/mol. The summed E-state index contributed by atoms with van der Waals surface area (Å²) in [5.41, 5.74) is -0.270. The number of methoxy groups -OCH3 is 2. The maximum absolute atomic E-state index is 11.5. The Hall–Kier alpha value is -2.08. The van der Waals surface area contributed by atoms with Crippen LogP contribution in [-0.2, 0) is 20.6 Å². The van der Waals surface area contributed by atoms with Crippen molar-refractivity contribution in [2.75, 3.05) is 20.8 Å². The lowest BCUT2D eigenvalue weighted by Crippen LogP contribution is -2.32. The van der Waals surface area contributed by atoms with E-state index in [1.165, 1.54) is 14.2 Å². The number of hydrogen-bond donors (Lipinski definition) is 1. The Labute approximate surface area is 149 Å². The summed E-state index contributed by atoms with van der Waals surface area (Å²) >= 11 is 0. The van der Waals surface area contributed by atoms with Crippen molar-refractivity contribution in [3.05, 3.63) is 15.8 Å². The first-order chi connectivity index (χ1) is 12.3. The quantitative estimate of drug-likeness (QED) is 0.546. The van der Waals surface area contributed by atoms with Gasteiger partial charge in [0.2, 0.25) is 0 Å². The first kappa shape index (κ1) is 18.7. The van der Waals surface area contributed by atoms with Crippen molar-refractivity contribution >= 4 is 5.69 Å². The van der Waals surface area contributed by atoms with E-state index in [1.807, 2.05) is 0 Å². The fourth-order valence-electron chi connectivity index (χ4n) is 3.29. The van der Waals surface area contributed by atoms with Crippen LogP contribution in [0.15, 0.2) is 0 Å². The zero-order chi connectivity index (χ0) is 19.1. The van der Waals surface area contributed by atoms with Gasteiger partial charge in [-0.2, -0.15) is 9.97 Å². The highest BCUT2D eigenvalue weighted by molar-refractivity contribution is 5.46. The maximum Gasteiger partial charge on any atom is 0.352 e. The molecule has 0 aromatic carbocycles. The number of hydrogen-bond acceptors (Lipinski definition) is 10. The van der Waals surface area contributed by atoms with Crippen molar-refractivity contribution in [3.63, 3.8) is 0 Å². The summed E-state index contributed by atoms with van der Waals surface area (Å²) in [7, 11) is 2.63. The maximum atomic E-state index is 11.5. The second-order valence-electron chi connectivity index (χ2n) is 6.44. The largest absolute Gasteiger partial charge is 0.476 e. The minimum Gasteiger partial charge on any atom is -0.476 e. The van der Waals surface area contributed by atoms with Crippen LogP contribution < -0.4 is 9.47 Å². The number of aromatic nitrogens is 2. The van der Waals surface area contributed by atoms with Crippen LogP contribution in [0.3, 0.4) is 0 Å². The molecule has 2 fully saturated rings. The van der Waals surface area contributed by atoms with E-state index in [-0.39, 0.29) is 36.3 Å². The van der Waals surface area contributed by atoms with Gasteiger partial charge in [-0.25, -0.2) is 0 Å². The normalized spacial score (nSPS) is 29.4. The minimum absolute atomic E-state index is 0.0443. The molecule has 0 saturated carbocycles. The van der Waals surface area contributed by atoms with Gasteiger partial charge < -0.3 is 28.8 Å². The van der Waals surface area contributed by atoms with Crippen molar-refractivity contribution < 1.29 is 33.7 Å². The number of aliphatic hydroxyl groups is 1. The number of fused-ring (bicyclic) bond motifs is 1. The highest BCUT2D eigenvalue weighted by atomic mass is 16.8. The van der Waals surface area contributed by atoms with Gasteiger partial charge in [-0.1, -0.05) is 0 Å². The van der Waals surface area contributed by atoms with Gasteiger partial charge in [0.05, 0.1) is 31.9 Å². The third-order valence-electron chi connectivity index (χ3n) is 4.28. The molecule has 0 spiro atoms. The van der Waals surface area contributed by atoms with Gasteiger partial charge in [-0.15, -0.1) is 0 Å². The monoisotopic (exact) mass is 371 g/mol. The van der Waals surface area contributed by atoms with Crippen LogP contribution in [0.2, 0.25) is 0 Å². The van der Waals surface area contributed by atoms with Gasteiger partial charge in [0.15, 0.2) is 5.79 Å². The van der Waals surface area contributed by atoms with E-state index < -0.39 is 35.1 Å². The second-order valence-corrected chi connectivity index (χ2v) is 6.44. The summed E-state index contributed by atoms with van der Waals surface area (Å²) in [6.07, 6.45) is -2.10. The second kappa shape index (κ2) is 6.91. The molecule has 0 amide bonds. The summed E-state index contributed by atoms with van der Waals surface area (Å²) in [6.45, 7) is 3.27. The molecule has 144 valence electrons. The SMILES string of the molecule is COc1nc(C[C@@H]2O[C@H](CO)[C@H]3OC(C)(C)O[C@H]32)c([N+](=O)[O-])c(OC)n1. The van der Waals surface area contributed by atoms with E-state index in [4.69, 9.17) is 23.7 Å². The van der Waals surface area contributed by atoms with Crippen molar-refractivity contribution in [1.82, 2.24) is 9.97 Å². The van der Waals surface area contributed by atoms with Gasteiger partial charge in [0, 0.05) is 6.42 Å². The van der Waals surface area contributed by atoms with Crippen molar-refractivity contribution in [2.45, 2.75) is 50.5 Å². The predicted molar refractivity (Wildman–Crippen MR) is 85.1 cm³/mol. The Morgan fingerprint density at radius 1 is 1.19 bits per heavy atom. The summed E-state index contributed by atoms with van der Waals surface area (Å²) in [4.78, 5) is 18.8. The molecule has 1 aromatic heterocycles. The van der Waals surface area contributed by atoms with Gasteiger partial charge >= 0.3 is 17.6 Å². The molecule has 2 aliphatic rings. The topological polar surface area (TPSA) is 135 Å². The summed E-state index contributed by atoms with van der Waals surface area (Å²) in [6, 6.07) is -0.0559. The number of nitro groups is 1. The molecule has 26 heavy (non-hydrogen) atoms. The first-order valence-corrected chi connectivity index (χ1v) is 8.05. The summed E-state index contributed by atoms with van der Waals surface area (Å²) in [5.74, 6) is -1.04. The third kappa shape index (κ3) is 3.30. The highest BCUT2D eigenvalue weighted by Gasteiger charge is 2.55. The molecule has 2 aliphatic heterocycles. The van der Waals surface area contributed by atoms with Crippen LogP contribution in [0.4, 0.5) is 5.69 Å². The Kier molecular flexibility index (Phi) is 4.97. The van der Waals surface area contributed by atoms with Gasteiger partial charge in [0.1, 0.15) is 24.0 Å². The van der Waals surface area contributed by atoms with E-state index in [0.29, 0.717) is 0 Å². The van der Waals surface area contributed by atoms with Gasteiger partial charge in [-0.05, 0) is 13.8 Å². The van der Waals surface area contributed by atoms with Crippen LogP contribution in [0, 0.1) is 10.1 Å². The summed E-state index contributed by atoms with van der Waals surface area (Å²) < 4.78 is 27.5. The molecule has 11 heteroatoms. The van der Waals surface area contributed by atoms with E-state index >= 15 is 0 Å². The minimum atomic E-state index is -0.836. The number of ether oxygens (including phenoxy) is 5. The molecular weight excluding hydrogens is 350 g/mol. The van der Waals surface area contributed by atoms with Crippen LogP contribution in [0.25, 0.3) is 0 Å². The first-order valence-electron chi connectivity index (χ1n) is 8.05. The predicted octanol–water partition coefficient (Wildman–Crippen LogP) is 0.224. The van der Waals surface area contributed by atoms with Crippen molar-refractivity contribution in [3.8, 4) is 11.9 Å². The fraction of sp³-hybridized carbons (Fsp3) is 0.733. The zero-order valence-corrected chi connectivity index (χ0v) is 14.9.